The van der Waals surface area contributed by atoms with Gasteiger partial charge in [-0.05, 0) is 44.1 Å². The standard InChI is InChI=1S/C18H32N2O3Si/c1-6-16-10-12-17(13-11-16)15-24(21-4,22-5)23-18(19-3)9-8-14-20-7-2/h6,10-13,18-20H,1,7-9,14-15H2,2-5H3. The Morgan fingerprint density at radius 2 is 1.88 bits per heavy atom. The van der Waals surface area contributed by atoms with Crippen molar-refractivity contribution in [2.75, 3.05) is 34.4 Å². The molecule has 0 radical (unpaired) electrons. The van der Waals surface area contributed by atoms with Crippen molar-refractivity contribution in [2.24, 2.45) is 0 Å². The first-order valence-electron chi connectivity index (χ1n) is 8.50. The second-order valence-electron chi connectivity index (χ2n) is 5.60. The summed E-state index contributed by atoms with van der Waals surface area (Å²) in [7, 11) is 2.46. The normalized spacial score (nSPS) is 13.0. The maximum absolute atomic E-state index is 6.26. The summed E-state index contributed by atoms with van der Waals surface area (Å²) < 4.78 is 17.7. The van der Waals surface area contributed by atoms with Gasteiger partial charge in [0.15, 0.2) is 0 Å². The van der Waals surface area contributed by atoms with Crippen LogP contribution in [0.5, 0.6) is 0 Å². The first kappa shape index (κ1) is 21.0. The average Bonchev–Trinajstić information content (AvgIpc) is 2.64. The van der Waals surface area contributed by atoms with Crippen LogP contribution in [0.1, 0.15) is 30.9 Å². The first-order chi connectivity index (χ1) is 11.6. The molecule has 136 valence electrons. The molecule has 0 fully saturated rings. The monoisotopic (exact) mass is 352 g/mol. The molecule has 0 aliphatic heterocycles. The van der Waals surface area contributed by atoms with Crippen molar-refractivity contribution in [3.8, 4) is 0 Å². The van der Waals surface area contributed by atoms with Crippen molar-refractivity contribution >= 4 is 14.9 Å². The van der Waals surface area contributed by atoms with Crippen molar-refractivity contribution in [3.63, 3.8) is 0 Å². The third-order valence-electron chi connectivity index (χ3n) is 3.97. The molecule has 0 saturated heterocycles. The van der Waals surface area contributed by atoms with Crippen molar-refractivity contribution in [2.45, 2.75) is 32.0 Å². The molecule has 0 aliphatic carbocycles. The van der Waals surface area contributed by atoms with E-state index in [9.17, 15) is 0 Å². The second-order valence-corrected chi connectivity index (χ2v) is 8.38. The van der Waals surface area contributed by atoms with Gasteiger partial charge >= 0.3 is 8.80 Å². The smallest absolute Gasteiger partial charge is 0.377 e. The van der Waals surface area contributed by atoms with Gasteiger partial charge in [-0.15, -0.1) is 0 Å². The van der Waals surface area contributed by atoms with Crippen LogP contribution in [0, 0.1) is 0 Å². The Bertz CT molecular complexity index is 464. The van der Waals surface area contributed by atoms with Crippen LogP contribution in [-0.2, 0) is 19.3 Å². The van der Waals surface area contributed by atoms with E-state index >= 15 is 0 Å². The van der Waals surface area contributed by atoms with E-state index in [0.29, 0.717) is 6.04 Å². The molecule has 2 N–H and O–H groups in total. The zero-order valence-electron chi connectivity index (χ0n) is 15.4. The summed E-state index contributed by atoms with van der Waals surface area (Å²) >= 11 is 0. The molecule has 24 heavy (non-hydrogen) atoms. The van der Waals surface area contributed by atoms with Crippen molar-refractivity contribution in [1.82, 2.24) is 10.6 Å². The molecule has 0 aromatic heterocycles. The molecule has 5 nitrogen and oxygen atoms in total. The van der Waals surface area contributed by atoms with Crippen LogP contribution < -0.4 is 10.6 Å². The van der Waals surface area contributed by atoms with E-state index < -0.39 is 8.80 Å². The highest BCUT2D eigenvalue weighted by molar-refractivity contribution is 6.60. The number of hydrogen-bond acceptors (Lipinski definition) is 5. The van der Waals surface area contributed by atoms with Crippen LogP contribution in [-0.4, -0.2) is 49.4 Å². The minimum Gasteiger partial charge on any atom is -0.377 e. The molecular weight excluding hydrogens is 320 g/mol. The predicted octanol–water partition coefficient (Wildman–Crippen LogP) is 2.59. The van der Waals surface area contributed by atoms with Crippen LogP contribution >= 0.6 is 0 Å². The van der Waals surface area contributed by atoms with Gasteiger partial charge in [-0.25, -0.2) is 0 Å². The number of hydrogen-bond donors (Lipinski definition) is 2. The highest BCUT2D eigenvalue weighted by Crippen LogP contribution is 2.19. The molecule has 0 heterocycles. The third-order valence-corrected chi connectivity index (χ3v) is 6.70. The molecule has 1 unspecified atom stereocenters. The molecule has 1 rings (SSSR count). The maximum atomic E-state index is 6.26. The van der Waals surface area contributed by atoms with Gasteiger partial charge in [-0.1, -0.05) is 43.8 Å². The highest BCUT2D eigenvalue weighted by atomic mass is 28.4. The van der Waals surface area contributed by atoms with Gasteiger partial charge < -0.3 is 18.6 Å². The van der Waals surface area contributed by atoms with Crippen LogP contribution in [0.3, 0.4) is 0 Å². The van der Waals surface area contributed by atoms with Crippen LogP contribution in [0.15, 0.2) is 30.8 Å². The second kappa shape index (κ2) is 11.5. The Morgan fingerprint density at radius 3 is 2.38 bits per heavy atom. The summed E-state index contributed by atoms with van der Waals surface area (Å²) in [5.41, 5.74) is 2.23. The molecule has 0 saturated carbocycles. The minimum atomic E-state index is -2.77. The zero-order chi connectivity index (χ0) is 17.8. The van der Waals surface area contributed by atoms with E-state index in [0.717, 1.165) is 37.1 Å². The lowest BCUT2D eigenvalue weighted by molar-refractivity contribution is 0.0372. The molecule has 1 aromatic rings. The van der Waals surface area contributed by atoms with E-state index in [4.69, 9.17) is 13.3 Å². The van der Waals surface area contributed by atoms with Crippen molar-refractivity contribution in [1.29, 1.82) is 0 Å². The quantitative estimate of drug-likeness (QED) is 0.325. The topological polar surface area (TPSA) is 51.8 Å². The zero-order valence-corrected chi connectivity index (χ0v) is 16.4. The first-order valence-corrected chi connectivity index (χ1v) is 10.4. The van der Waals surface area contributed by atoms with Crippen LogP contribution in [0.4, 0.5) is 0 Å². The highest BCUT2D eigenvalue weighted by Gasteiger charge is 2.41. The molecule has 0 amide bonds. The van der Waals surface area contributed by atoms with Gasteiger partial charge in [-0.2, -0.15) is 0 Å². The van der Waals surface area contributed by atoms with Gasteiger partial charge in [0, 0.05) is 20.3 Å². The molecule has 0 spiro atoms. The van der Waals surface area contributed by atoms with E-state index in [2.05, 4.69) is 36.3 Å². The number of benzene rings is 1. The fraction of sp³-hybridized carbons (Fsp3) is 0.556. The maximum Gasteiger partial charge on any atom is 0.506 e. The Kier molecular flexibility index (Phi) is 10.1. The Balaban J connectivity index is 2.71. The Hall–Kier alpha value is -1.02. The molecule has 1 atom stereocenters. The predicted molar refractivity (Wildman–Crippen MR) is 102 cm³/mol. The minimum absolute atomic E-state index is 0.0809. The van der Waals surface area contributed by atoms with Gasteiger partial charge in [0.05, 0.1) is 0 Å². The summed E-state index contributed by atoms with van der Waals surface area (Å²) in [4.78, 5) is 0. The summed E-state index contributed by atoms with van der Waals surface area (Å²) in [5, 5.41) is 6.54. The van der Waals surface area contributed by atoms with Gasteiger partial charge in [0.25, 0.3) is 0 Å². The Morgan fingerprint density at radius 1 is 1.21 bits per heavy atom. The van der Waals surface area contributed by atoms with Crippen molar-refractivity contribution in [3.05, 3.63) is 42.0 Å². The average molecular weight is 353 g/mol. The van der Waals surface area contributed by atoms with Gasteiger partial charge in [-0.3, -0.25) is 5.32 Å². The molecule has 6 heteroatoms. The van der Waals surface area contributed by atoms with Crippen LogP contribution in [0.2, 0.25) is 0 Å². The summed E-state index contributed by atoms with van der Waals surface area (Å²) in [6.45, 7) is 7.86. The number of rotatable bonds is 13. The SMILES string of the molecule is C=Cc1ccc(C[Si](OC)(OC)OC(CCCNCC)NC)cc1. The van der Waals surface area contributed by atoms with E-state index in [1.54, 1.807) is 14.2 Å². The molecular formula is C18H32N2O3Si. The fourth-order valence-corrected chi connectivity index (χ4v) is 4.59. The summed E-state index contributed by atoms with van der Waals surface area (Å²) in [5.74, 6) is 0. The van der Waals surface area contributed by atoms with Gasteiger partial charge in [0.1, 0.15) is 6.23 Å². The molecule has 1 aromatic carbocycles. The van der Waals surface area contributed by atoms with Crippen LogP contribution in [0.25, 0.3) is 6.08 Å². The van der Waals surface area contributed by atoms with E-state index in [1.165, 1.54) is 0 Å². The summed E-state index contributed by atoms with van der Waals surface area (Å²) in [6.07, 6.45) is 3.69. The van der Waals surface area contributed by atoms with Crippen molar-refractivity contribution < 1.29 is 13.3 Å². The van der Waals surface area contributed by atoms with E-state index in [-0.39, 0.29) is 6.23 Å². The largest absolute Gasteiger partial charge is 0.506 e. The number of nitrogens with one attached hydrogen (secondary N) is 2. The lowest BCUT2D eigenvalue weighted by Gasteiger charge is -2.31. The summed E-state index contributed by atoms with van der Waals surface area (Å²) in [6, 6.07) is 8.86. The third kappa shape index (κ3) is 6.84. The Labute approximate surface area is 147 Å². The van der Waals surface area contributed by atoms with E-state index in [1.807, 2.05) is 25.3 Å². The lowest BCUT2D eigenvalue weighted by Crippen LogP contribution is -2.52. The molecule has 0 bridgehead atoms. The molecule has 0 aliphatic rings. The van der Waals surface area contributed by atoms with Gasteiger partial charge in [0.2, 0.25) is 0 Å². The fourth-order valence-electron chi connectivity index (χ4n) is 2.46. The lowest BCUT2D eigenvalue weighted by atomic mass is 10.1.